The van der Waals surface area contributed by atoms with E-state index in [0.717, 1.165) is 0 Å². The predicted molar refractivity (Wildman–Crippen MR) is 79.8 cm³/mol. The molecule has 1 unspecified atom stereocenters. The fourth-order valence-corrected chi connectivity index (χ4v) is 2.24. The predicted octanol–water partition coefficient (Wildman–Crippen LogP) is 3.74. The number of nitrogens with two attached hydrogens (primary N) is 1. The van der Waals surface area contributed by atoms with Crippen molar-refractivity contribution in [3.05, 3.63) is 58.6 Å². The lowest BCUT2D eigenvalue weighted by Gasteiger charge is -2.19. The summed E-state index contributed by atoms with van der Waals surface area (Å²) in [6, 6.07) is 8.22. The van der Waals surface area contributed by atoms with Gasteiger partial charge in [0.25, 0.3) is 0 Å². The number of rotatable bonds is 5. The largest absolute Gasteiger partial charge is 0.494 e. The van der Waals surface area contributed by atoms with E-state index in [9.17, 15) is 8.78 Å². The number of hydrogen-bond acceptors (Lipinski definition) is 3. The van der Waals surface area contributed by atoms with Crippen molar-refractivity contribution in [2.75, 3.05) is 19.0 Å². The molecular weight excluding hydrogens is 298 g/mol. The molecule has 2 rings (SSSR count). The van der Waals surface area contributed by atoms with E-state index < -0.39 is 11.6 Å². The molecule has 2 aromatic rings. The molecule has 0 radical (unpaired) electrons. The van der Waals surface area contributed by atoms with Gasteiger partial charge in [-0.2, -0.15) is 0 Å². The van der Waals surface area contributed by atoms with Crippen LogP contribution in [0.3, 0.4) is 0 Å². The van der Waals surface area contributed by atoms with Gasteiger partial charge >= 0.3 is 0 Å². The van der Waals surface area contributed by atoms with Gasteiger partial charge < -0.3 is 15.8 Å². The summed E-state index contributed by atoms with van der Waals surface area (Å²) in [4.78, 5) is 0. The number of hydrogen-bond donors (Lipinski definition) is 2. The summed E-state index contributed by atoms with van der Waals surface area (Å²) in [5.41, 5.74) is 6.95. The number of benzene rings is 2. The summed E-state index contributed by atoms with van der Waals surface area (Å²) in [5, 5.41) is 3.40. The topological polar surface area (TPSA) is 47.3 Å². The second-order valence-electron chi connectivity index (χ2n) is 4.48. The van der Waals surface area contributed by atoms with Gasteiger partial charge in [0, 0.05) is 23.3 Å². The molecule has 0 aromatic heterocycles. The van der Waals surface area contributed by atoms with Crippen LogP contribution in [0.25, 0.3) is 0 Å². The van der Waals surface area contributed by atoms with Crippen molar-refractivity contribution in [2.24, 2.45) is 5.73 Å². The van der Waals surface area contributed by atoms with Crippen molar-refractivity contribution in [3.8, 4) is 5.75 Å². The van der Waals surface area contributed by atoms with E-state index in [1.54, 1.807) is 12.1 Å². The van der Waals surface area contributed by atoms with Gasteiger partial charge in [0.05, 0.1) is 13.2 Å². The van der Waals surface area contributed by atoms with Crippen molar-refractivity contribution < 1.29 is 13.5 Å². The molecule has 112 valence electrons. The third kappa shape index (κ3) is 3.83. The molecule has 2 aromatic carbocycles. The maximum Gasteiger partial charge on any atom is 0.165 e. The first-order valence-corrected chi connectivity index (χ1v) is 6.67. The summed E-state index contributed by atoms with van der Waals surface area (Å²) < 4.78 is 31.7. The Morgan fingerprint density at radius 2 is 2.00 bits per heavy atom. The van der Waals surface area contributed by atoms with Crippen LogP contribution < -0.4 is 15.8 Å². The van der Waals surface area contributed by atoms with Crippen LogP contribution in [-0.4, -0.2) is 13.7 Å². The number of methoxy groups -OCH3 is 1. The number of halogens is 3. The Labute approximate surface area is 126 Å². The molecule has 21 heavy (non-hydrogen) atoms. The molecule has 6 heteroatoms. The van der Waals surface area contributed by atoms with Gasteiger partial charge in [0.2, 0.25) is 0 Å². The van der Waals surface area contributed by atoms with Crippen LogP contribution in [0, 0.1) is 11.6 Å². The first-order valence-electron chi connectivity index (χ1n) is 6.29. The lowest BCUT2D eigenvalue weighted by molar-refractivity contribution is 0.386. The molecule has 0 heterocycles. The number of ether oxygens (including phenoxy) is 1. The van der Waals surface area contributed by atoms with E-state index in [4.69, 9.17) is 22.1 Å². The lowest BCUT2D eigenvalue weighted by Crippen LogP contribution is -2.20. The lowest BCUT2D eigenvalue weighted by atomic mass is 10.1. The average molecular weight is 313 g/mol. The minimum absolute atomic E-state index is 0.119. The van der Waals surface area contributed by atoms with E-state index in [2.05, 4.69) is 5.32 Å². The van der Waals surface area contributed by atoms with E-state index >= 15 is 0 Å². The Kier molecular flexibility index (Phi) is 4.98. The second kappa shape index (κ2) is 6.74. The summed E-state index contributed by atoms with van der Waals surface area (Å²) in [7, 11) is 1.38. The van der Waals surface area contributed by atoms with Crippen LogP contribution in [0.2, 0.25) is 5.02 Å². The molecule has 1 atom stereocenters. The molecule has 0 bridgehead atoms. The zero-order valence-electron chi connectivity index (χ0n) is 11.4. The molecule has 0 aliphatic heterocycles. The molecule has 0 amide bonds. The molecule has 3 nitrogen and oxygen atoms in total. The minimum Gasteiger partial charge on any atom is -0.494 e. The van der Waals surface area contributed by atoms with Crippen molar-refractivity contribution >= 4 is 17.3 Å². The van der Waals surface area contributed by atoms with Gasteiger partial charge in [0.1, 0.15) is 5.82 Å². The highest BCUT2D eigenvalue weighted by molar-refractivity contribution is 6.30. The van der Waals surface area contributed by atoms with Crippen molar-refractivity contribution in [3.63, 3.8) is 0 Å². The second-order valence-corrected chi connectivity index (χ2v) is 4.92. The smallest absolute Gasteiger partial charge is 0.165 e. The average Bonchev–Trinajstić information content (AvgIpc) is 2.45. The van der Waals surface area contributed by atoms with Crippen LogP contribution >= 0.6 is 11.6 Å². The fourth-order valence-electron chi connectivity index (χ4n) is 2.01. The summed E-state index contributed by atoms with van der Waals surface area (Å²) in [5.74, 6) is -0.774. The third-order valence-corrected chi connectivity index (χ3v) is 3.23. The summed E-state index contributed by atoms with van der Waals surface area (Å²) in [6.45, 7) is 0.222. The SMILES string of the molecule is COc1cc(NC(CN)c2cc(F)cc(Cl)c2)ccc1F. The molecule has 0 aliphatic rings. The molecule has 0 aliphatic carbocycles. The molecule has 0 saturated carbocycles. The molecule has 3 N–H and O–H groups in total. The monoisotopic (exact) mass is 312 g/mol. The van der Waals surface area contributed by atoms with Crippen LogP contribution in [-0.2, 0) is 0 Å². The Morgan fingerprint density at radius 1 is 1.24 bits per heavy atom. The maximum absolute atomic E-state index is 13.4. The van der Waals surface area contributed by atoms with Crippen LogP contribution in [0.4, 0.5) is 14.5 Å². The van der Waals surface area contributed by atoms with Crippen LogP contribution in [0.5, 0.6) is 5.75 Å². The van der Waals surface area contributed by atoms with Gasteiger partial charge in [-0.05, 0) is 35.9 Å². The highest BCUT2D eigenvalue weighted by Gasteiger charge is 2.13. The van der Waals surface area contributed by atoms with E-state index in [1.165, 1.54) is 31.4 Å². The molecule has 0 saturated heterocycles. The van der Waals surface area contributed by atoms with Gasteiger partial charge in [-0.1, -0.05) is 11.6 Å². The van der Waals surface area contributed by atoms with Gasteiger partial charge in [-0.25, -0.2) is 8.78 Å². The standard InChI is InChI=1S/C15H15ClF2N2O/c1-21-15-7-12(2-3-13(15)18)20-14(8-19)9-4-10(16)6-11(17)5-9/h2-7,14,20H,8,19H2,1H3. The van der Waals surface area contributed by atoms with Crippen molar-refractivity contribution in [1.29, 1.82) is 0 Å². The minimum atomic E-state index is -0.457. The highest BCUT2D eigenvalue weighted by atomic mass is 35.5. The Balaban J connectivity index is 2.26. The fraction of sp³-hybridized carbons (Fsp3) is 0.200. The number of nitrogens with one attached hydrogen (secondary N) is 1. The van der Waals surface area contributed by atoms with E-state index in [-0.39, 0.29) is 18.3 Å². The van der Waals surface area contributed by atoms with Gasteiger partial charge in [-0.3, -0.25) is 0 Å². The molecule has 0 fully saturated rings. The van der Waals surface area contributed by atoms with Crippen LogP contribution in [0.1, 0.15) is 11.6 Å². The highest BCUT2D eigenvalue weighted by Crippen LogP contribution is 2.26. The maximum atomic E-state index is 13.4. The van der Waals surface area contributed by atoms with Crippen LogP contribution in [0.15, 0.2) is 36.4 Å². The first-order chi connectivity index (χ1) is 10.0. The first kappa shape index (κ1) is 15.5. The quantitative estimate of drug-likeness (QED) is 0.884. The normalized spacial score (nSPS) is 12.0. The Morgan fingerprint density at radius 3 is 2.62 bits per heavy atom. The molecule has 0 spiro atoms. The summed E-state index contributed by atoms with van der Waals surface area (Å²) >= 11 is 5.84. The Hall–Kier alpha value is -1.85. The van der Waals surface area contributed by atoms with E-state index in [1.807, 2.05) is 0 Å². The Bertz CT molecular complexity index is 617. The summed E-state index contributed by atoms with van der Waals surface area (Å²) in [6.07, 6.45) is 0. The van der Waals surface area contributed by atoms with Crippen molar-refractivity contribution in [1.82, 2.24) is 0 Å². The van der Waals surface area contributed by atoms with Gasteiger partial charge in [0.15, 0.2) is 11.6 Å². The number of anilines is 1. The van der Waals surface area contributed by atoms with E-state index in [0.29, 0.717) is 16.3 Å². The zero-order chi connectivity index (χ0) is 15.4. The van der Waals surface area contributed by atoms with Crippen molar-refractivity contribution in [2.45, 2.75) is 6.04 Å². The third-order valence-electron chi connectivity index (χ3n) is 3.01. The van der Waals surface area contributed by atoms with Gasteiger partial charge in [-0.15, -0.1) is 0 Å². The molecular formula is C15H15ClF2N2O. The zero-order valence-corrected chi connectivity index (χ0v) is 12.1.